The van der Waals surface area contributed by atoms with Crippen LogP contribution >= 0.6 is 11.3 Å². The monoisotopic (exact) mass is 455 g/mol. The first-order valence-electron chi connectivity index (χ1n) is 9.35. The van der Waals surface area contributed by atoms with Crippen molar-refractivity contribution < 1.29 is 24.2 Å². The number of carboxylic acids is 1. The molecule has 0 saturated heterocycles. The SMILES string of the molecule is COc1cc(NC(=O)c2csc(NC(N)=NCc3ccccc3)n2)ccc1OCC(=O)O. The third-order valence-electron chi connectivity index (χ3n) is 4.02. The van der Waals surface area contributed by atoms with Crippen molar-refractivity contribution in [3.8, 4) is 11.5 Å². The number of nitrogens with one attached hydrogen (secondary N) is 2. The molecule has 0 aliphatic heterocycles. The molecule has 0 spiro atoms. The number of nitrogens with two attached hydrogens (primary N) is 1. The molecule has 0 radical (unpaired) electrons. The number of aliphatic carboxylic acids is 1. The van der Waals surface area contributed by atoms with Gasteiger partial charge in [-0.25, -0.2) is 14.8 Å². The predicted molar refractivity (Wildman–Crippen MR) is 122 cm³/mol. The highest BCUT2D eigenvalue weighted by atomic mass is 32.1. The van der Waals surface area contributed by atoms with Gasteiger partial charge in [0.2, 0.25) is 0 Å². The maximum Gasteiger partial charge on any atom is 0.341 e. The Morgan fingerprint density at radius 2 is 1.94 bits per heavy atom. The second-order valence-corrected chi connectivity index (χ2v) is 7.21. The van der Waals surface area contributed by atoms with Crippen LogP contribution in [-0.2, 0) is 11.3 Å². The highest BCUT2D eigenvalue weighted by molar-refractivity contribution is 7.14. The van der Waals surface area contributed by atoms with Gasteiger partial charge in [0.15, 0.2) is 29.2 Å². The van der Waals surface area contributed by atoms with Crippen LogP contribution < -0.4 is 25.8 Å². The number of nitrogens with zero attached hydrogens (tertiary/aromatic N) is 2. The Morgan fingerprint density at radius 1 is 1.16 bits per heavy atom. The Kier molecular flexibility index (Phi) is 7.60. The number of benzene rings is 2. The zero-order chi connectivity index (χ0) is 22.9. The molecule has 0 aliphatic rings. The van der Waals surface area contributed by atoms with E-state index in [1.807, 2.05) is 30.3 Å². The van der Waals surface area contributed by atoms with E-state index >= 15 is 0 Å². The number of hydrogen-bond acceptors (Lipinski definition) is 7. The van der Waals surface area contributed by atoms with Crippen molar-refractivity contribution in [2.24, 2.45) is 10.7 Å². The second-order valence-electron chi connectivity index (χ2n) is 6.35. The Morgan fingerprint density at radius 3 is 2.66 bits per heavy atom. The minimum absolute atomic E-state index is 0.192. The summed E-state index contributed by atoms with van der Waals surface area (Å²) < 4.78 is 10.3. The molecule has 0 unspecified atom stereocenters. The third-order valence-corrected chi connectivity index (χ3v) is 4.78. The van der Waals surface area contributed by atoms with E-state index < -0.39 is 18.5 Å². The summed E-state index contributed by atoms with van der Waals surface area (Å²) in [5.41, 5.74) is 7.54. The highest BCUT2D eigenvalue weighted by Crippen LogP contribution is 2.30. The van der Waals surface area contributed by atoms with Gasteiger partial charge in [0.25, 0.3) is 5.91 Å². The van der Waals surface area contributed by atoms with Crippen LogP contribution in [0.25, 0.3) is 0 Å². The molecule has 10 nitrogen and oxygen atoms in total. The van der Waals surface area contributed by atoms with Gasteiger partial charge in [-0.05, 0) is 17.7 Å². The number of guanidine groups is 1. The van der Waals surface area contributed by atoms with Crippen molar-refractivity contribution in [2.45, 2.75) is 6.54 Å². The van der Waals surface area contributed by atoms with Crippen LogP contribution in [-0.4, -0.2) is 41.6 Å². The molecule has 0 fully saturated rings. The van der Waals surface area contributed by atoms with Gasteiger partial charge in [-0.3, -0.25) is 4.79 Å². The van der Waals surface area contributed by atoms with Crippen LogP contribution in [0.4, 0.5) is 10.8 Å². The fourth-order valence-electron chi connectivity index (χ4n) is 2.54. The van der Waals surface area contributed by atoms with E-state index in [4.69, 9.17) is 20.3 Å². The summed E-state index contributed by atoms with van der Waals surface area (Å²) in [6.07, 6.45) is 0. The first-order valence-corrected chi connectivity index (χ1v) is 10.2. The van der Waals surface area contributed by atoms with Crippen molar-refractivity contribution in [1.82, 2.24) is 4.98 Å². The lowest BCUT2D eigenvalue weighted by Crippen LogP contribution is -2.22. The zero-order valence-corrected chi connectivity index (χ0v) is 17.9. The van der Waals surface area contributed by atoms with E-state index in [9.17, 15) is 9.59 Å². The van der Waals surface area contributed by atoms with Crippen LogP contribution in [0.15, 0.2) is 58.9 Å². The number of aliphatic imine (C=N–C) groups is 1. The smallest absolute Gasteiger partial charge is 0.341 e. The first-order chi connectivity index (χ1) is 15.4. The van der Waals surface area contributed by atoms with Crippen LogP contribution in [0.1, 0.15) is 16.1 Å². The molecule has 11 heteroatoms. The number of ether oxygens (including phenoxy) is 2. The molecule has 3 aromatic rings. The number of rotatable bonds is 9. The lowest BCUT2D eigenvalue weighted by molar-refractivity contribution is -0.139. The maximum atomic E-state index is 12.5. The molecule has 32 heavy (non-hydrogen) atoms. The van der Waals surface area contributed by atoms with Crippen LogP contribution in [0.2, 0.25) is 0 Å². The molecule has 0 bridgehead atoms. The van der Waals surface area contributed by atoms with Crippen LogP contribution in [0.5, 0.6) is 11.5 Å². The number of aromatic nitrogens is 1. The quantitative estimate of drug-likeness (QED) is 0.284. The van der Waals surface area contributed by atoms with E-state index in [1.165, 1.54) is 30.6 Å². The van der Waals surface area contributed by atoms with Gasteiger partial charge >= 0.3 is 5.97 Å². The number of anilines is 2. The van der Waals surface area contributed by atoms with Crippen molar-refractivity contribution >= 4 is 40.0 Å². The molecule has 0 aliphatic carbocycles. The van der Waals surface area contributed by atoms with Gasteiger partial charge in [0.1, 0.15) is 5.69 Å². The minimum Gasteiger partial charge on any atom is -0.493 e. The largest absolute Gasteiger partial charge is 0.493 e. The summed E-state index contributed by atoms with van der Waals surface area (Å²) >= 11 is 1.21. The molecule has 0 atom stereocenters. The number of methoxy groups -OCH3 is 1. The summed E-state index contributed by atoms with van der Waals surface area (Å²) in [5, 5.41) is 16.3. The Hall–Kier alpha value is -4.12. The van der Waals surface area contributed by atoms with E-state index in [0.717, 1.165) is 5.56 Å². The third kappa shape index (κ3) is 6.44. The normalized spacial score (nSPS) is 11.0. The lowest BCUT2D eigenvalue weighted by Gasteiger charge is -2.11. The summed E-state index contributed by atoms with van der Waals surface area (Å²) in [4.78, 5) is 31.7. The first kappa shape index (κ1) is 22.6. The zero-order valence-electron chi connectivity index (χ0n) is 17.1. The van der Waals surface area contributed by atoms with Gasteiger partial charge in [-0.15, -0.1) is 11.3 Å². The standard InChI is InChI=1S/C21H21N5O5S/c1-30-17-9-14(7-8-16(17)31-11-18(27)28)24-19(29)15-12-32-21(25-15)26-20(22)23-10-13-5-3-2-4-6-13/h2-9,12H,10-11H2,1H3,(H,24,29)(H,27,28)(H3,22,23,25,26). The summed E-state index contributed by atoms with van der Waals surface area (Å²) in [6, 6.07) is 14.3. The van der Waals surface area contributed by atoms with Crippen molar-refractivity contribution in [1.29, 1.82) is 0 Å². The second kappa shape index (κ2) is 10.8. The van der Waals surface area contributed by atoms with E-state index in [0.29, 0.717) is 17.4 Å². The summed E-state index contributed by atoms with van der Waals surface area (Å²) in [5.74, 6) is -0.819. The van der Waals surface area contributed by atoms with Gasteiger partial charge in [-0.2, -0.15) is 0 Å². The Bertz CT molecular complexity index is 1120. The Balaban J connectivity index is 1.60. The average molecular weight is 455 g/mol. The molecule has 1 aromatic heterocycles. The molecule has 0 saturated carbocycles. The minimum atomic E-state index is -1.11. The van der Waals surface area contributed by atoms with Gasteiger partial charge in [0, 0.05) is 17.1 Å². The number of carbonyl (C=O) groups is 2. The van der Waals surface area contributed by atoms with Crippen LogP contribution in [0, 0.1) is 0 Å². The van der Waals surface area contributed by atoms with Crippen molar-refractivity contribution in [2.75, 3.05) is 24.4 Å². The number of thiazole rings is 1. The average Bonchev–Trinajstić information content (AvgIpc) is 3.26. The van der Waals surface area contributed by atoms with Crippen molar-refractivity contribution in [3.63, 3.8) is 0 Å². The highest BCUT2D eigenvalue weighted by Gasteiger charge is 2.14. The number of hydrogen-bond donors (Lipinski definition) is 4. The molecule has 1 heterocycles. The molecule has 2 aromatic carbocycles. The van der Waals surface area contributed by atoms with E-state index in [2.05, 4.69) is 20.6 Å². The topological polar surface area (TPSA) is 148 Å². The summed E-state index contributed by atoms with van der Waals surface area (Å²) in [6.45, 7) is -0.0825. The molecular formula is C21H21N5O5S. The predicted octanol–water partition coefficient (Wildman–Crippen LogP) is 2.79. The molecule has 1 amide bonds. The van der Waals surface area contributed by atoms with E-state index in [1.54, 1.807) is 11.4 Å². The van der Waals surface area contributed by atoms with Gasteiger partial charge in [-0.1, -0.05) is 30.3 Å². The number of carboxylic acid groups (broad SMARTS) is 1. The van der Waals surface area contributed by atoms with Crippen molar-refractivity contribution in [3.05, 3.63) is 65.2 Å². The van der Waals surface area contributed by atoms with Gasteiger partial charge in [0.05, 0.1) is 13.7 Å². The number of carbonyl (C=O) groups excluding carboxylic acids is 1. The fraction of sp³-hybridized carbons (Fsp3) is 0.143. The fourth-order valence-corrected chi connectivity index (χ4v) is 3.24. The van der Waals surface area contributed by atoms with E-state index in [-0.39, 0.29) is 23.2 Å². The lowest BCUT2D eigenvalue weighted by atomic mass is 10.2. The summed E-state index contributed by atoms with van der Waals surface area (Å²) in [7, 11) is 1.41. The molecule has 3 rings (SSSR count). The molecule has 166 valence electrons. The molecule has 5 N–H and O–H groups in total. The molecular weight excluding hydrogens is 434 g/mol. The Labute approximate surface area is 187 Å². The van der Waals surface area contributed by atoms with Crippen LogP contribution in [0.3, 0.4) is 0 Å². The maximum absolute atomic E-state index is 12.5. The number of amides is 1. The van der Waals surface area contributed by atoms with Gasteiger partial charge < -0.3 is 30.9 Å².